The van der Waals surface area contributed by atoms with Crippen LogP contribution in [0.5, 0.6) is 0 Å². The van der Waals surface area contributed by atoms with Crippen LogP contribution in [0.15, 0.2) is 30.6 Å². The highest BCUT2D eigenvalue weighted by Crippen LogP contribution is 2.29. The Morgan fingerprint density at radius 2 is 1.81 bits per heavy atom. The first kappa shape index (κ1) is 19.3. The maximum atomic E-state index is 5.47. The Balaban J connectivity index is 0.00000102. The number of nitrogens with zero attached hydrogens (tertiary/aromatic N) is 5. The third kappa shape index (κ3) is 3.81. The van der Waals surface area contributed by atoms with Crippen molar-refractivity contribution >= 4 is 11.3 Å². The van der Waals surface area contributed by atoms with Gasteiger partial charge in [-0.3, -0.25) is 4.98 Å². The molecule has 144 valence electrons. The molecule has 0 saturated carbocycles. The van der Waals surface area contributed by atoms with E-state index in [1.807, 2.05) is 43.7 Å². The predicted octanol–water partition coefficient (Wildman–Crippen LogP) is 4.09. The molecule has 0 aliphatic carbocycles. The fourth-order valence-corrected chi connectivity index (χ4v) is 3.31. The predicted molar refractivity (Wildman–Crippen MR) is 109 cm³/mol. The van der Waals surface area contributed by atoms with Crippen LogP contribution in [0.25, 0.3) is 16.9 Å². The molecule has 3 aromatic rings. The average molecular weight is 367 g/mol. The van der Waals surface area contributed by atoms with E-state index in [2.05, 4.69) is 41.0 Å². The van der Waals surface area contributed by atoms with Gasteiger partial charge in [-0.2, -0.15) is 5.10 Å². The van der Waals surface area contributed by atoms with Crippen molar-refractivity contribution < 1.29 is 4.74 Å². The van der Waals surface area contributed by atoms with Crippen molar-refractivity contribution in [3.05, 3.63) is 42.0 Å². The second kappa shape index (κ2) is 8.48. The second-order valence-electron chi connectivity index (χ2n) is 6.72. The number of pyridine rings is 1. The maximum absolute atomic E-state index is 5.47. The first-order valence-electron chi connectivity index (χ1n) is 9.78. The fraction of sp³-hybridized carbons (Fsp3) is 0.476. The van der Waals surface area contributed by atoms with Gasteiger partial charge in [0.1, 0.15) is 0 Å². The van der Waals surface area contributed by atoms with Gasteiger partial charge in [0.25, 0.3) is 0 Å². The van der Waals surface area contributed by atoms with Crippen molar-refractivity contribution in [2.45, 2.75) is 40.5 Å². The number of imidazole rings is 1. The number of aryl methyl sites for hydroxylation is 1. The van der Waals surface area contributed by atoms with Gasteiger partial charge in [-0.25, -0.2) is 9.50 Å². The summed E-state index contributed by atoms with van der Waals surface area (Å²) >= 11 is 0. The van der Waals surface area contributed by atoms with Gasteiger partial charge in [0.2, 0.25) is 0 Å². The van der Waals surface area contributed by atoms with Crippen LogP contribution in [0.3, 0.4) is 0 Å². The van der Waals surface area contributed by atoms with Crippen LogP contribution in [0, 0.1) is 6.92 Å². The Labute approximate surface area is 161 Å². The lowest BCUT2D eigenvalue weighted by Crippen LogP contribution is -2.36. The molecule has 6 heteroatoms. The Kier molecular flexibility index (Phi) is 6.06. The van der Waals surface area contributed by atoms with E-state index >= 15 is 0 Å². The van der Waals surface area contributed by atoms with Crippen LogP contribution >= 0.6 is 0 Å². The topological polar surface area (TPSA) is 55.5 Å². The highest BCUT2D eigenvalue weighted by molar-refractivity contribution is 5.75. The van der Waals surface area contributed by atoms with Crippen molar-refractivity contribution in [2.75, 3.05) is 31.2 Å². The lowest BCUT2D eigenvalue weighted by atomic mass is 10.1. The van der Waals surface area contributed by atoms with Gasteiger partial charge in [-0.1, -0.05) is 27.7 Å². The molecule has 0 unspecified atom stereocenters. The van der Waals surface area contributed by atoms with Gasteiger partial charge < -0.3 is 9.64 Å². The van der Waals surface area contributed by atoms with E-state index in [-0.39, 0.29) is 0 Å². The largest absolute Gasteiger partial charge is 0.378 e. The van der Waals surface area contributed by atoms with E-state index in [4.69, 9.17) is 9.72 Å². The summed E-state index contributed by atoms with van der Waals surface area (Å²) < 4.78 is 7.41. The van der Waals surface area contributed by atoms with E-state index in [0.29, 0.717) is 5.92 Å². The molecule has 0 N–H and O–H groups in total. The van der Waals surface area contributed by atoms with E-state index in [0.717, 1.165) is 60.3 Å². The van der Waals surface area contributed by atoms with Crippen LogP contribution in [-0.4, -0.2) is 45.9 Å². The number of anilines is 1. The van der Waals surface area contributed by atoms with Crippen LogP contribution in [0.2, 0.25) is 0 Å². The molecule has 1 aliphatic rings. The van der Waals surface area contributed by atoms with Crippen LogP contribution < -0.4 is 4.90 Å². The van der Waals surface area contributed by atoms with Gasteiger partial charge in [-0.15, -0.1) is 0 Å². The van der Waals surface area contributed by atoms with Gasteiger partial charge in [0, 0.05) is 30.5 Å². The minimum atomic E-state index is 0.420. The highest BCUT2D eigenvalue weighted by atomic mass is 16.5. The van der Waals surface area contributed by atoms with E-state index in [9.17, 15) is 0 Å². The normalized spacial score (nSPS) is 14.4. The monoisotopic (exact) mass is 367 g/mol. The number of ether oxygens (including phenoxy) is 1. The second-order valence-corrected chi connectivity index (χ2v) is 6.72. The lowest BCUT2D eigenvalue weighted by molar-refractivity contribution is 0.123. The third-order valence-corrected chi connectivity index (χ3v) is 4.68. The molecule has 1 aliphatic heterocycles. The number of rotatable bonds is 3. The van der Waals surface area contributed by atoms with Crippen molar-refractivity contribution in [1.29, 1.82) is 0 Å². The number of aromatic nitrogens is 4. The Bertz CT molecular complexity index is 879. The molecule has 0 amide bonds. The van der Waals surface area contributed by atoms with Crippen molar-refractivity contribution in [1.82, 2.24) is 19.6 Å². The minimum absolute atomic E-state index is 0.420. The molecular formula is C21H29N5O. The molecule has 1 saturated heterocycles. The van der Waals surface area contributed by atoms with Gasteiger partial charge >= 0.3 is 0 Å². The zero-order chi connectivity index (χ0) is 19.4. The first-order valence-corrected chi connectivity index (χ1v) is 9.78. The molecule has 3 aromatic heterocycles. The zero-order valence-electron chi connectivity index (χ0n) is 16.9. The summed E-state index contributed by atoms with van der Waals surface area (Å²) in [5.41, 5.74) is 6.11. The standard InChI is InChI=1S/C19H23N5O.C2H6/c1-13(2)16-5-4-15(12-20-16)18-14(3)22-19-17(6-7-21-24(18)19)23-8-10-25-11-9-23;1-2/h4-7,12-13H,8-11H2,1-3H3;1-2H3. The van der Waals surface area contributed by atoms with Crippen molar-refractivity contribution in [3.8, 4) is 11.3 Å². The molecule has 0 spiro atoms. The van der Waals surface area contributed by atoms with Crippen LogP contribution in [0.1, 0.15) is 45.0 Å². The highest BCUT2D eigenvalue weighted by Gasteiger charge is 2.19. The molecule has 0 aromatic carbocycles. The quantitative estimate of drug-likeness (QED) is 0.698. The number of morpholine rings is 1. The SMILES string of the molecule is CC.Cc1nc2c(N3CCOCC3)ccnn2c1-c1ccc(C(C)C)nc1. The molecule has 27 heavy (non-hydrogen) atoms. The Morgan fingerprint density at radius 1 is 1.07 bits per heavy atom. The summed E-state index contributed by atoms with van der Waals surface area (Å²) in [4.78, 5) is 11.7. The summed E-state index contributed by atoms with van der Waals surface area (Å²) in [6.45, 7) is 13.6. The smallest absolute Gasteiger partial charge is 0.178 e. The molecule has 0 atom stereocenters. The van der Waals surface area contributed by atoms with Crippen LogP contribution in [-0.2, 0) is 4.74 Å². The minimum Gasteiger partial charge on any atom is -0.378 e. The fourth-order valence-electron chi connectivity index (χ4n) is 3.31. The summed E-state index contributed by atoms with van der Waals surface area (Å²) in [6, 6.07) is 6.24. The summed E-state index contributed by atoms with van der Waals surface area (Å²) in [6.07, 6.45) is 3.77. The summed E-state index contributed by atoms with van der Waals surface area (Å²) in [7, 11) is 0. The number of hydrogen-bond donors (Lipinski definition) is 0. The molecule has 0 radical (unpaired) electrons. The average Bonchev–Trinajstić information content (AvgIpc) is 3.06. The van der Waals surface area contributed by atoms with Gasteiger partial charge in [0.15, 0.2) is 5.65 Å². The maximum Gasteiger partial charge on any atom is 0.178 e. The first-order chi connectivity index (χ1) is 13.1. The third-order valence-electron chi connectivity index (χ3n) is 4.68. The Hall–Kier alpha value is -2.47. The summed E-state index contributed by atoms with van der Waals surface area (Å²) in [5.74, 6) is 0.420. The van der Waals surface area contributed by atoms with Crippen molar-refractivity contribution in [2.24, 2.45) is 0 Å². The van der Waals surface area contributed by atoms with E-state index in [1.165, 1.54) is 0 Å². The van der Waals surface area contributed by atoms with Gasteiger partial charge in [-0.05, 0) is 31.0 Å². The van der Waals surface area contributed by atoms with Crippen molar-refractivity contribution in [3.63, 3.8) is 0 Å². The molecule has 4 heterocycles. The summed E-state index contributed by atoms with van der Waals surface area (Å²) in [5, 5.41) is 4.56. The molecule has 6 nitrogen and oxygen atoms in total. The van der Waals surface area contributed by atoms with Crippen LogP contribution in [0.4, 0.5) is 5.69 Å². The zero-order valence-corrected chi connectivity index (χ0v) is 16.9. The lowest BCUT2D eigenvalue weighted by Gasteiger charge is -2.28. The molecule has 1 fully saturated rings. The van der Waals surface area contributed by atoms with E-state index in [1.54, 1.807) is 0 Å². The Morgan fingerprint density at radius 3 is 2.44 bits per heavy atom. The molecular weight excluding hydrogens is 338 g/mol. The van der Waals surface area contributed by atoms with E-state index < -0.39 is 0 Å². The van der Waals surface area contributed by atoms with Gasteiger partial charge in [0.05, 0.1) is 36.5 Å². The molecule has 0 bridgehead atoms. The number of hydrogen-bond acceptors (Lipinski definition) is 5. The number of fused-ring (bicyclic) bond motifs is 1. The molecule has 4 rings (SSSR count).